The van der Waals surface area contributed by atoms with Crippen molar-refractivity contribution < 1.29 is 9.13 Å². The van der Waals surface area contributed by atoms with Crippen molar-refractivity contribution >= 4 is 0 Å². The van der Waals surface area contributed by atoms with Crippen molar-refractivity contribution in [3.05, 3.63) is 29.6 Å². The molecule has 1 aromatic rings. The van der Waals surface area contributed by atoms with Crippen LogP contribution >= 0.6 is 0 Å². The number of rotatable bonds is 2. The number of ether oxygens (including phenoxy) is 1. The molecule has 2 rings (SSSR count). The van der Waals surface area contributed by atoms with Crippen LogP contribution in [0.1, 0.15) is 38.2 Å². The van der Waals surface area contributed by atoms with E-state index in [9.17, 15) is 4.39 Å². The molecule has 1 aliphatic rings. The van der Waals surface area contributed by atoms with Gasteiger partial charge in [0.25, 0.3) is 0 Å². The highest BCUT2D eigenvalue weighted by atomic mass is 19.1. The van der Waals surface area contributed by atoms with Crippen molar-refractivity contribution in [1.29, 1.82) is 0 Å². The third-order valence-electron chi connectivity index (χ3n) is 3.76. The van der Waals surface area contributed by atoms with Crippen LogP contribution in [0.25, 0.3) is 0 Å². The van der Waals surface area contributed by atoms with Crippen molar-refractivity contribution in [2.24, 2.45) is 11.7 Å². The number of benzene rings is 1. The van der Waals surface area contributed by atoms with Gasteiger partial charge in [0.05, 0.1) is 7.11 Å². The highest BCUT2D eigenvalue weighted by molar-refractivity contribution is 5.33. The molecule has 3 heteroatoms. The fourth-order valence-electron chi connectivity index (χ4n) is 2.83. The van der Waals surface area contributed by atoms with E-state index in [-0.39, 0.29) is 17.1 Å². The van der Waals surface area contributed by atoms with Crippen LogP contribution in [0.3, 0.4) is 0 Å². The lowest BCUT2D eigenvalue weighted by molar-refractivity contribution is 0.238. The first-order chi connectivity index (χ1) is 8.05. The van der Waals surface area contributed by atoms with Crippen molar-refractivity contribution in [3.63, 3.8) is 0 Å². The fourth-order valence-corrected chi connectivity index (χ4v) is 2.83. The van der Waals surface area contributed by atoms with Crippen LogP contribution in [-0.2, 0) is 5.54 Å². The van der Waals surface area contributed by atoms with Gasteiger partial charge in [0.1, 0.15) is 0 Å². The summed E-state index contributed by atoms with van der Waals surface area (Å²) < 4.78 is 18.6. The van der Waals surface area contributed by atoms with E-state index in [1.807, 2.05) is 6.07 Å². The highest BCUT2D eigenvalue weighted by Gasteiger charge is 2.33. The van der Waals surface area contributed by atoms with E-state index in [4.69, 9.17) is 10.5 Å². The Labute approximate surface area is 102 Å². The molecule has 0 bridgehead atoms. The van der Waals surface area contributed by atoms with Gasteiger partial charge in [-0.15, -0.1) is 0 Å². The van der Waals surface area contributed by atoms with Gasteiger partial charge < -0.3 is 10.5 Å². The van der Waals surface area contributed by atoms with Crippen molar-refractivity contribution in [3.8, 4) is 5.75 Å². The average molecular weight is 237 g/mol. The smallest absolute Gasteiger partial charge is 0.165 e. The minimum absolute atomic E-state index is 0.279. The summed E-state index contributed by atoms with van der Waals surface area (Å²) in [6.45, 7) is 2.21. The maximum Gasteiger partial charge on any atom is 0.165 e. The van der Waals surface area contributed by atoms with Crippen molar-refractivity contribution in [2.75, 3.05) is 7.11 Å². The number of hydrogen-bond acceptors (Lipinski definition) is 2. The van der Waals surface area contributed by atoms with Gasteiger partial charge in [0, 0.05) is 5.54 Å². The molecule has 1 aliphatic carbocycles. The summed E-state index contributed by atoms with van der Waals surface area (Å²) >= 11 is 0. The molecule has 2 atom stereocenters. The Morgan fingerprint density at radius 1 is 1.47 bits per heavy atom. The van der Waals surface area contributed by atoms with Gasteiger partial charge in [-0.05, 0) is 36.5 Å². The van der Waals surface area contributed by atoms with Crippen LogP contribution in [-0.4, -0.2) is 7.11 Å². The molecule has 0 saturated heterocycles. The van der Waals surface area contributed by atoms with E-state index in [0.29, 0.717) is 5.92 Å². The second-order valence-corrected chi connectivity index (χ2v) is 5.21. The zero-order valence-corrected chi connectivity index (χ0v) is 10.5. The van der Waals surface area contributed by atoms with E-state index in [2.05, 4.69) is 6.92 Å². The first kappa shape index (κ1) is 12.4. The standard InChI is InChI=1S/C14H20FNO/c1-10-4-3-7-14(16,9-10)11-5-6-13(17-2)12(15)8-11/h5-6,8,10H,3-4,7,9,16H2,1-2H3. The molecule has 94 valence electrons. The van der Waals surface area contributed by atoms with Crippen LogP contribution in [0.2, 0.25) is 0 Å². The van der Waals surface area contributed by atoms with E-state index >= 15 is 0 Å². The first-order valence-electron chi connectivity index (χ1n) is 6.18. The van der Waals surface area contributed by atoms with Crippen LogP contribution in [0.4, 0.5) is 4.39 Å². The van der Waals surface area contributed by atoms with Crippen LogP contribution < -0.4 is 10.5 Å². The molecule has 0 radical (unpaired) electrons. The lowest BCUT2D eigenvalue weighted by Gasteiger charge is -2.37. The highest BCUT2D eigenvalue weighted by Crippen LogP contribution is 2.38. The summed E-state index contributed by atoms with van der Waals surface area (Å²) in [7, 11) is 1.47. The van der Waals surface area contributed by atoms with E-state index in [0.717, 1.165) is 24.8 Å². The predicted octanol–water partition coefficient (Wildman–Crippen LogP) is 3.20. The van der Waals surface area contributed by atoms with Crippen LogP contribution in [0, 0.1) is 11.7 Å². The Bertz CT molecular complexity index is 407. The summed E-state index contributed by atoms with van der Waals surface area (Å²) in [5.41, 5.74) is 6.94. The Morgan fingerprint density at radius 2 is 2.24 bits per heavy atom. The zero-order chi connectivity index (χ0) is 12.5. The van der Waals surface area contributed by atoms with E-state index in [1.165, 1.54) is 19.6 Å². The summed E-state index contributed by atoms with van der Waals surface area (Å²) in [6, 6.07) is 5.08. The van der Waals surface area contributed by atoms with Gasteiger partial charge in [0.2, 0.25) is 0 Å². The molecular formula is C14H20FNO. The average Bonchev–Trinajstić information content (AvgIpc) is 2.28. The lowest BCUT2D eigenvalue weighted by atomic mass is 9.73. The molecule has 0 aliphatic heterocycles. The molecule has 0 aromatic heterocycles. The maximum atomic E-state index is 13.7. The third-order valence-corrected chi connectivity index (χ3v) is 3.76. The maximum absolute atomic E-state index is 13.7. The first-order valence-corrected chi connectivity index (χ1v) is 6.18. The molecule has 2 N–H and O–H groups in total. The van der Waals surface area contributed by atoms with E-state index < -0.39 is 0 Å². The Morgan fingerprint density at radius 3 is 2.82 bits per heavy atom. The van der Waals surface area contributed by atoms with Gasteiger partial charge in [0.15, 0.2) is 11.6 Å². The Kier molecular flexibility index (Phi) is 3.38. The summed E-state index contributed by atoms with van der Waals surface area (Å²) in [4.78, 5) is 0. The van der Waals surface area contributed by atoms with Gasteiger partial charge in [-0.3, -0.25) is 0 Å². The summed E-state index contributed by atoms with van der Waals surface area (Å²) in [5, 5.41) is 0. The molecule has 1 saturated carbocycles. The van der Waals surface area contributed by atoms with E-state index in [1.54, 1.807) is 6.07 Å². The second kappa shape index (κ2) is 4.65. The molecule has 1 fully saturated rings. The molecular weight excluding hydrogens is 217 g/mol. The second-order valence-electron chi connectivity index (χ2n) is 5.21. The molecule has 2 unspecified atom stereocenters. The minimum Gasteiger partial charge on any atom is -0.494 e. The third kappa shape index (κ3) is 2.44. The molecule has 0 heterocycles. The topological polar surface area (TPSA) is 35.2 Å². The number of methoxy groups -OCH3 is 1. The molecule has 0 amide bonds. The van der Waals surface area contributed by atoms with Crippen molar-refractivity contribution in [1.82, 2.24) is 0 Å². The minimum atomic E-state index is -0.370. The number of nitrogens with two attached hydrogens (primary N) is 1. The monoisotopic (exact) mass is 237 g/mol. The largest absolute Gasteiger partial charge is 0.494 e. The molecule has 0 spiro atoms. The molecule has 2 nitrogen and oxygen atoms in total. The molecule has 1 aromatic carbocycles. The Hall–Kier alpha value is -1.09. The van der Waals surface area contributed by atoms with Gasteiger partial charge in [-0.1, -0.05) is 25.8 Å². The van der Waals surface area contributed by atoms with Gasteiger partial charge >= 0.3 is 0 Å². The Balaban J connectivity index is 2.29. The molecule has 17 heavy (non-hydrogen) atoms. The van der Waals surface area contributed by atoms with Crippen LogP contribution in [0.15, 0.2) is 18.2 Å². The normalized spacial score (nSPS) is 29.1. The number of hydrogen-bond donors (Lipinski definition) is 1. The van der Waals surface area contributed by atoms with Gasteiger partial charge in [-0.2, -0.15) is 0 Å². The van der Waals surface area contributed by atoms with Gasteiger partial charge in [-0.25, -0.2) is 4.39 Å². The fraction of sp³-hybridized carbons (Fsp3) is 0.571. The zero-order valence-electron chi connectivity index (χ0n) is 10.5. The lowest BCUT2D eigenvalue weighted by Crippen LogP contribution is -2.41. The van der Waals surface area contributed by atoms with Crippen LogP contribution in [0.5, 0.6) is 5.75 Å². The summed E-state index contributed by atoms with van der Waals surface area (Å²) in [5.74, 6) is 0.563. The quantitative estimate of drug-likeness (QED) is 0.857. The van der Waals surface area contributed by atoms with Crippen molar-refractivity contribution in [2.45, 2.75) is 38.1 Å². The predicted molar refractivity (Wildman–Crippen MR) is 66.4 cm³/mol. The number of halogens is 1. The summed E-state index contributed by atoms with van der Waals surface area (Å²) in [6.07, 6.45) is 4.20. The SMILES string of the molecule is COc1ccc(C2(N)CCCC(C)C2)cc1F.